The normalized spacial score (nSPS) is 16.3. The van der Waals surface area contributed by atoms with Crippen molar-refractivity contribution >= 4 is 38.6 Å². The first-order valence-corrected chi connectivity index (χ1v) is 9.45. The number of hydrogen-bond acceptors (Lipinski definition) is 4. The molecule has 0 saturated heterocycles. The molecule has 2 aromatic carbocycles. The summed E-state index contributed by atoms with van der Waals surface area (Å²) in [6, 6.07) is 15.2. The number of halogens is 1. The summed E-state index contributed by atoms with van der Waals surface area (Å²) in [5.74, 6) is 0.566. The minimum Gasteiger partial charge on any atom is -0.433 e. The Labute approximate surface area is 138 Å². The van der Waals surface area contributed by atoms with Crippen LogP contribution in [0.15, 0.2) is 52.9 Å². The van der Waals surface area contributed by atoms with Crippen LogP contribution in [-0.4, -0.2) is 18.7 Å². The zero-order valence-corrected chi connectivity index (χ0v) is 13.8. The fraction of sp³-hybridized carbons (Fsp3) is 0.133. The van der Waals surface area contributed by atoms with E-state index in [1.165, 1.54) is 0 Å². The van der Waals surface area contributed by atoms with Crippen molar-refractivity contribution in [3.8, 4) is 5.75 Å². The maximum Gasteiger partial charge on any atom is 0.268 e. The molecule has 0 saturated carbocycles. The largest absolute Gasteiger partial charge is 0.433 e. The van der Waals surface area contributed by atoms with Gasteiger partial charge in [-0.2, -0.15) is 0 Å². The first-order valence-electron chi connectivity index (χ1n) is 6.47. The Morgan fingerprint density at radius 2 is 1.95 bits per heavy atom. The van der Waals surface area contributed by atoms with E-state index in [-0.39, 0.29) is 10.3 Å². The zero-order valence-electron chi connectivity index (χ0n) is 11.4. The lowest BCUT2D eigenvalue weighted by Crippen LogP contribution is -2.03. The van der Waals surface area contributed by atoms with E-state index in [0.29, 0.717) is 17.2 Å². The summed E-state index contributed by atoms with van der Waals surface area (Å²) in [7, 11) is -3.40. The van der Waals surface area contributed by atoms with Crippen LogP contribution >= 0.6 is 23.4 Å². The van der Waals surface area contributed by atoms with Gasteiger partial charge in [0.1, 0.15) is 10.8 Å². The Hall–Kier alpha value is -1.50. The van der Waals surface area contributed by atoms with Crippen LogP contribution in [0.25, 0.3) is 0 Å². The minimum absolute atomic E-state index is 0.0794. The third-order valence-corrected chi connectivity index (χ3v) is 5.88. The Morgan fingerprint density at radius 1 is 1.18 bits per heavy atom. The molecule has 0 aromatic heterocycles. The van der Waals surface area contributed by atoms with Crippen molar-refractivity contribution in [1.82, 2.24) is 0 Å². The van der Waals surface area contributed by atoms with Crippen molar-refractivity contribution in [1.29, 1.82) is 0 Å². The first-order chi connectivity index (χ1) is 10.5. The highest BCUT2D eigenvalue weighted by Crippen LogP contribution is 2.29. The average Bonchev–Trinajstić information content (AvgIpc) is 2.82. The van der Waals surface area contributed by atoms with Crippen molar-refractivity contribution in [3.63, 3.8) is 0 Å². The van der Waals surface area contributed by atoms with Crippen LogP contribution in [0.4, 0.5) is 0 Å². The third kappa shape index (κ3) is 3.82. The molecule has 1 heterocycles. The predicted molar refractivity (Wildman–Crippen MR) is 90.1 cm³/mol. The van der Waals surface area contributed by atoms with Crippen LogP contribution in [-0.2, 0) is 16.4 Å². The number of rotatable bonds is 3. The highest BCUT2D eigenvalue weighted by molar-refractivity contribution is 8.24. The molecule has 0 aliphatic carbocycles. The lowest BCUT2D eigenvalue weighted by atomic mass is 10.0. The molecule has 4 nitrogen and oxygen atoms in total. The Kier molecular flexibility index (Phi) is 4.42. The second-order valence-electron chi connectivity index (χ2n) is 4.72. The lowest BCUT2D eigenvalue weighted by Gasteiger charge is -2.10. The summed E-state index contributed by atoms with van der Waals surface area (Å²) in [6.45, 7) is 0. The van der Waals surface area contributed by atoms with Crippen molar-refractivity contribution in [2.45, 2.75) is 6.42 Å². The van der Waals surface area contributed by atoms with E-state index >= 15 is 0 Å². The highest BCUT2D eigenvalue weighted by atomic mass is 35.5. The van der Waals surface area contributed by atoms with E-state index < -0.39 is 10.0 Å². The van der Waals surface area contributed by atoms with Gasteiger partial charge in [0, 0.05) is 17.0 Å². The molecule has 0 N–H and O–H groups in total. The van der Waals surface area contributed by atoms with Gasteiger partial charge in [-0.15, -0.1) is 4.40 Å². The van der Waals surface area contributed by atoms with Crippen molar-refractivity contribution in [2.75, 3.05) is 5.08 Å². The van der Waals surface area contributed by atoms with Gasteiger partial charge in [-0.05, 0) is 35.5 Å². The topological polar surface area (TPSA) is 55.7 Å². The second-order valence-corrected chi connectivity index (χ2v) is 8.08. The highest BCUT2D eigenvalue weighted by Gasteiger charge is 2.23. The summed E-state index contributed by atoms with van der Waals surface area (Å²) in [5.41, 5.74) is 1.99. The van der Waals surface area contributed by atoms with Crippen LogP contribution in [0, 0.1) is 0 Å². The summed E-state index contributed by atoms with van der Waals surface area (Å²) >= 11 is 7.13. The van der Waals surface area contributed by atoms with Gasteiger partial charge in [0.25, 0.3) is 15.3 Å². The Bertz CT molecular complexity index is 820. The van der Waals surface area contributed by atoms with Crippen LogP contribution in [0.5, 0.6) is 5.75 Å². The van der Waals surface area contributed by atoms with Gasteiger partial charge in [0.2, 0.25) is 0 Å². The molecule has 0 spiro atoms. The molecule has 0 bridgehead atoms. The lowest BCUT2D eigenvalue weighted by molar-refractivity contribution is 0.559. The van der Waals surface area contributed by atoms with Crippen LogP contribution < -0.4 is 4.74 Å². The molecule has 0 unspecified atom stereocenters. The third-order valence-electron chi connectivity index (χ3n) is 3.00. The summed E-state index contributed by atoms with van der Waals surface area (Å²) < 4.78 is 31.9. The van der Waals surface area contributed by atoms with Crippen LogP contribution in [0.3, 0.4) is 0 Å². The molecule has 7 heteroatoms. The summed E-state index contributed by atoms with van der Waals surface area (Å²) in [6.07, 6.45) is 0.640. The molecule has 0 atom stereocenters. The van der Waals surface area contributed by atoms with E-state index in [1.54, 1.807) is 12.1 Å². The number of thioether (sulfide) groups is 1. The van der Waals surface area contributed by atoms with E-state index in [9.17, 15) is 8.42 Å². The molecular formula is C15H12ClNO3S2. The maximum atomic E-state index is 11.4. The predicted octanol–water partition coefficient (Wildman–Crippen LogP) is 3.70. The molecule has 0 radical (unpaired) electrons. The van der Waals surface area contributed by atoms with Gasteiger partial charge >= 0.3 is 0 Å². The molecule has 2 aromatic rings. The van der Waals surface area contributed by atoms with E-state index in [4.69, 9.17) is 16.3 Å². The number of hydrogen-bond donors (Lipinski definition) is 0. The van der Waals surface area contributed by atoms with E-state index in [2.05, 4.69) is 4.40 Å². The average molecular weight is 354 g/mol. The van der Waals surface area contributed by atoms with E-state index in [0.717, 1.165) is 22.9 Å². The molecule has 22 heavy (non-hydrogen) atoms. The summed E-state index contributed by atoms with van der Waals surface area (Å²) in [5, 5.41) is 0.674. The standard InChI is InChI=1S/C15H12ClNO3S2/c16-13-6-7-14(20-15-17-22(18,19)10-21-15)12(9-13)8-11-4-2-1-3-5-11/h1-7,9H,8,10H2. The zero-order chi connectivity index (χ0) is 15.6. The number of nitrogens with zero attached hydrogens (tertiary/aromatic N) is 1. The molecule has 1 aliphatic heterocycles. The van der Waals surface area contributed by atoms with Crippen LogP contribution in [0.2, 0.25) is 5.02 Å². The van der Waals surface area contributed by atoms with Gasteiger partial charge in [0.05, 0.1) is 0 Å². The number of sulfonamides is 1. The molecular weight excluding hydrogens is 342 g/mol. The van der Waals surface area contributed by atoms with Gasteiger partial charge in [-0.25, -0.2) is 8.42 Å². The molecule has 3 rings (SSSR count). The Balaban J connectivity index is 1.88. The smallest absolute Gasteiger partial charge is 0.268 e. The summed E-state index contributed by atoms with van der Waals surface area (Å²) in [4.78, 5) is 0. The SMILES string of the molecule is O=S1(=O)CSC(Oc2ccc(Cl)cc2Cc2ccccc2)=N1. The van der Waals surface area contributed by atoms with Gasteiger partial charge in [-0.1, -0.05) is 41.9 Å². The number of ether oxygens (including phenoxy) is 1. The van der Waals surface area contributed by atoms with Crippen molar-refractivity contribution in [3.05, 3.63) is 64.7 Å². The minimum atomic E-state index is -3.40. The fourth-order valence-electron chi connectivity index (χ4n) is 2.03. The van der Waals surface area contributed by atoms with Crippen LogP contribution in [0.1, 0.15) is 11.1 Å². The molecule has 114 valence electrons. The van der Waals surface area contributed by atoms with Crippen molar-refractivity contribution < 1.29 is 13.2 Å². The second kappa shape index (κ2) is 6.32. The van der Waals surface area contributed by atoms with Gasteiger partial charge in [-0.3, -0.25) is 0 Å². The first kappa shape index (κ1) is 15.4. The molecule has 1 aliphatic rings. The maximum absolute atomic E-state index is 11.4. The Morgan fingerprint density at radius 3 is 2.64 bits per heavy atom. The van der Waals surface area contributed by atoms with Gasteiger partial charge in [0.15, 0.2) is 0 Å². The number of benzene rings is 2. The fourth-order valence-corrected chi connectivity index (χ4v) is 4.40. The molecule has 0 amide bonds. The van der Waals surface area contributed by atoms with E-state index in [1.807, 2.05) is 36.4 Å². The van der Waals surface area contributed by atoms with Gasteiger partial charge < -0.3 is 4.74 Å². The quantitative estimate of drug-likeness (QED) is 0.844. The van der Waals surface area contributed by atoms with Crippen molar-refractivity contribution in [2.24, 2.45) is 4.40 Å². The monoisotopic (exact) mass is 353 g/mol. The molecule has 0 fully saturated rings.